The smallest absolute Gasteiger partial charge is 0.253 e. The van der Waals surface area contributed by atoms with Crippen LogP contribution >= 0.6 is 0 Å². The number of carbonyl (C=O) groups excluding carboxylic acids is 2. The number of aliphatic imine (C=N–C) groups is 1. The van der Waals surface area contributed by atoms with Crippen LogP contribution in [0.1, 0.15) is 55.9 Å². The van der Waals surface area contributed by atoms with Gasteiger partial charge in [0.1, 0.15) is 11.4 Å². The van der Waals surface area contributed by atoms with Crippen molar-refractivity contribution < 1.29 is 27.5 Å². The Labute approximate surface area is 228 Å². The molecule has 4 rings (SSSR count). The van der Waals surface area contributed by atoms with Crippen molar-refractivity contribution >= 4 is 33.2 Å². The molecule has 1 saturated heterocycles. The molecule has 0 radical (unpaired) electrons. The number of carbonyl (C=O) groups is 2. The third-order valence-electron chi connectivity index (χ3n) is 7.79. The van der Waals surface area contributed by atoms with Crippen LogP contribution in [0.15, 0.2) is 35.3 Å². The molecule has 0 atom stereocenters. The largest absolute Gasteiger partial charge is 0.505 e. The van der Waals surface area contributed by atoms with Crippen molar-refractivity contribution in [3.8, 4) is 5.75 Å². The molecule has 2 aromatic rings. The van der Waals surface area contributed by atoms with Gasteiger partial charge in [0.05, 0.1) is 11.3 Å². The summed E-state index contributed by atoms with van der Waals surface area (Å²) in [5.74, 6) is -1.49. The summed E-state index contributed by atoms with van der Waals surface area (Å²) in [7, 11) is -3.59. The van der Waals surface area contributed by atoms with E-state index in [1.54, 1.807) is 0 Å². The lowest BCUT2D eigenvalue weighted by Crippen LogP contribution is -2.50. The third kappa shape index (κ3) is 5.84. The molecule has 0 aromatic heterocycles. The first-order valence-electron chi connectivity index (χ1n) is 12.9. The second-order valence-electron chi connectivity index (χ2n) is 11.0. The van der Waals surface area contributed by atoms with Crippen LogP contribution in [0.4, 0.5) is 10.1 Å². The van der Waals surface area contributed by atoms with Crippen molar-refractivity contribution in [2.45, 2.75) is 65.0 Å². The Morgan fingerprint density at radius 1 is 1.18 bits per heavy atom. The number of phenolic OH excluding ortho intramolecular Hbond substituents is 1. The highest BCUT2D eigenvalue weighted by Gasteiger charge is 2.47. The molecular formula is C28H35FN4O5S. The van der Waals surface area contributed by atoms with E-state index in [4.69, 9.17) is 0 Å². The fourth-order valence-corrected chi connectivity index (χ4v) is 6.51. The number of ketones is 1. The highest BCUT2D eigenvalue weighted by molar-refractivity contribution is 7.89. The van der Waals surface area contributed by atoms with E-state index in [-0.39, 0.29) is 49.2 Å². The molecular weight excluding hydrogens is 523 g/mol. The number of aryl methyl sites for hydroxylation is 2. The molecule has 1 amide bonds. The minimum atomic E-state index is -3.59. The zero-order chi connectivity index (χ0) is 28.8. The number of halogens is 1. The van der Waals surface area contributed by atoms with Gasteiger partial charge in [-0.3, -0.25) is 14.6 Å². The van der Waals surface area contributed by atoms with Gasteiger partial charge in [0.15, 0.2) is 17.3 Å². The van der Waals surface area contributed by atoms with Crippen molar-refractivity contribution in [2.24, 2.45) is 4.99 Å². The van der Waals surface area contributed by atoms with Gasteiger partial charge < -0.3 is 15.7 Å². The maximum Gasteiger partial charge on any atom is 0.253 e. The molecule has 3 N–H and O–H groups in total. The maximum absolute atomic E-state index is 13.8. The van der Waals surface area contributed by atoms with Crippen LogP contribution in [0, 0.1) is 19.7 Å². The van der Waals surface area contributed by atoms with Crippen molar-refractivity contribution in [1.29, 1.82) is 0 Å². The molecule has 0 saturated carbocycles. The van der Waals surface area contributed by atoms with Crippen LogP contribution in [-0.2, 0) is 26.0 Å². The molecule has 39 heavy (non-hydrogen) atoms. The molecule has 0 bridgehead atoms. The number of sulfonamides is 1. The number of Topliss-reactive ketones (excluding diaryl/α,β-unsaturated/α-hetero) is 1. The lowest BCUT2D eigenvalue weighted by molar-refractivity contribution is -0.125. The van der Waals surface area contributed by atoms with E-state index in [0.717, 1.165) is 28.4 Å². The average molecular weight is 559 g/mol. The number of amides is 1. The second-order valence-corrected chi connectivity index (χ2v) is 13.1. The van der Waals surface area contributed by atoms with Gasteiger partial charge in [-0.15, -0.1) is 0 Å². The Hall–Kier alpha value is -3.31. The summed E-state index contributed by atoms with van der Waals surface area (Å²) in [5.41, 5.74) is 2.17. The normalized spacial score (nSPS) is 17.7. The predicted molar refractivity (Wildman–Crippen MR) is 148 cm³/mol. The Balaban J connectivity index is 1.42. The fraction of sp³-hybridized carbons (Fsp3) is 0.464. The summed E-state index contributed by atoms with van der Waals surface area (Å²) in [6.45, 7) is 9.33. The number of piperidine rings is 1. The predicted octanol–water partition coefficient (Wildman–Crippen LogP) is 3.21. The first-order chi connectivity index (χ1) is 18.1. The number of aromatic hydroxyl groups is 1. The zero-order valence-electron chi connectivity index (χ0n) is 22.9. The van der Waals surface area contributed by atoms with Gasteiger partial charge in [-0.1, -0.05) is 0 Å². The summed E-state index contributed by atoms with van der Waals surface area (Å²) in [5, 5.41) is 15.4. The van der Waals surface area contributed by atoms with Gasteiger partial charge in [-0.05, 0) is 101 Å². The van der Waals surface area contributed by atoms with Crippen molar-refractivity contribution in [1.82, 2.24) is 9.62 Å². The number of hydrogen-bond donors (Lipinski definition) is 3. The van der Waals surface area contributed by atoms with E-state index in [1.807, 2.05) is 39.8 Å². The fourth-order valence-electron chi connectivity index (χ4n) is 5.05. The molecule has 2 aliphatic rings. The topological polar surface area (TPSA) is 128 Å². The highest BCUT2D eigenvalue weighted by Crippen LogP contribution is 2.33. The van der Waals surface area contributed by atoms with Crippen LogP contribution in [0.3, 0.4) is 0 Å². The Kier molecular flexibility index (Phi) is 7.61. The number of nitrogens with zero attached hydrogens (tertiary/aromatic N) is 2. The van der Waals surface area contributed by atoms with E-state index in [9.17, 15) is 27.5 Å². The SMILES string of the molecule is CC(=O)C(C)(C)Nc1cc(C)c(CCS(=O)(=O)N2CCC3(CC2)N=C(c2ccc(O)c(F)c2)NC3=O)c(C)c1. The van der Waals surface area contributed by atoms with Crippen molar-refractivity contribution in [2.75, 3.05) is 24.2 Å². The van der Waals surface area contributed by atoms with Crippen LogP contribution in [0.5, 0.6) is 5.75 Å². The molecule has 9 nitrogen and oxygen atoms in total. The number of anilines is 1. The van der Waals surface area contributed by atoms with E-state index in [1.165, 1.54) is 23.4 Å². The lowest BCUT2D eigenvalue weighted by Gasteiger charge is -2.34. The molecule has 2 aliphatic heterocycles. The van der Waals surface area contributed by atoms with Crippen LogP contribution in [-0.4, -0.2) is 65.3 Å². The van der Waals surface area contributed by atoms with Gasteiger partial charge in [0.2, 0.25) is 10.0 Å². The van der Waals surface area contributed by atoms with Gasteiger partial charge in [-0.2, -0.15) is 0 Å². The Bertz CT molecular complexity index is 1440. The van der Waals surface area contributed by atoms with Gasteiger partial charge >= 0.3 is 0 Å². The standard InChI is InChI=1S/C28H35FN4O5S/c1-17-14-21(31-27(4,5)19(3)34)15-18(2)22(17)8-13-39(37,38)33-11-9-28(10-12-33)26(36)30-25(32-28)20-6-7-24(35)23(29)16-20/h6-7,14-16,31,35H,8-13H2,1-5H3,(H,30,32,36). The van der Waals surface area contributed by atoms with Crippen LogP contribution in [0.2, 0.25) is 0 Å². The summed E-state index contributed by atoms with van der Waals surface area (Å²) < 4.78 is 41.7. The molecule has 2 aromatic carbocycles. The Morgan fingerprint density at radius 3 is 2.36 bits per heavy atom. The number of nitrogens with one attached hydrogen (secondary N) is 2. The lowest BCUT2D eigenvalue weighted by atomic mass is 9.89. The summed E-state index contributed by atoms with van der Waals surface area (Å²) in [4.78, 5) is 29.2. The number of rotatable bonds is 8. The van der Waals surface area contributed by atoms with E-state index >= 15 is 0 Å². The molecule has 2 heterocycles. The summed E-state index contributed by atoms with van der Waals surface area (Å²) in [6.07, 6.45) is 0.770. The third-order valence-corrected chi connectivity index (χ3v) is 9.66. The van der Waals surface area contributed by atoms with Gasteiger partial charge in [0.25, 0.3) is 5.91 Å². The van der Waals surface area contributed by atoms with Gasteiger partial charge in [-0.25, -0.2) is 17.1 Å². The quantitative estimate of drug-likeness (QED) is 0.457. The van der Waals surface area contributed by atoms with E-state index in [2.05, 4.69) is 15.6 Å². The average Bonchev–Trinajstić information content (AvgIpc) is 3.15. The molecule has 11 heteroatoms. The van der Waals surface area contributed by atoms with Crippen LogP contribution < -0.4 is 10.6 Å². The summed E-state index contributed by atoms with van der Waals surface area (Å²) >= 11 is 0. The molecule has 0 unspecified atom stereocenters. The number of phenols is 1. The number of amidine groups is 1. The molecule has 1 fully saturated rings. The minimum Gasteiger partial charge on any atom is -0.505 e. The van der Waals surface area contributed by atoms with Crippen molar-refractivity contribution in [3.63, 3.8) is 0 Å². The zero-order valence-corrected chi connectivity index (χ0v) is 23.7. The maximum atomic E-state index is 13.8. The van der Waals surface area contributed by atoms with Gasteiger partial charge in [0, 0.05) is 24.3 Å². The summed E-state index contributed by atoms with van der Waals surface area (Å²) in [6, 6.07) is 7.62. The monoisotopic (exact) mass is 558 g/mol. The molecule has 0 aliphatic carbocycles. The number of hydrogen-bond acceptors (Lipinski definition) is 7. The van der Waals surface area contributed by atoms with E-state index in [0.29, 0.717) is 12.0 Å². The van der Waals surface area contributed by atoms with Crippen LogP contribution in [0.25, 0.3) is 0 Å². The number of benzene rings is 2. The molecule has 210 valence electrons. The molecule has 1 spiro atoms. The highest BCUT2D eigenvalue weighted by atomic mass is 32.2. The van der Waals surface area contributed by atoms with E-state index < -0.39 is 32.7 Å². The Morgan fingerprint density at radius 2 is 1.79 bits per heavy atom. The first-order valence-corrected chi connectivity index (χ1v) is 14.5. The first kappa shape index (κ1) is 28.7. The second kappa shape index (κ2) is 10.3. The van der Waals surface area contributed by atoms with Crippen molar-refractivity contribution in [3.05, 3.63) is 58.4 Å². The minimum absolute atomic E-state index is 0.0162.